The van der Waals surface area contributed by atoms with Gasteiger partial charge in [0.2, 0.25) is 5.91 Å². The van der Waals surface area contributed by atoms with Crippen molar-refractivity contribution in [2.75, 3.05) is 42.8 Å². The number of amides is 1. The summed E-state index contributed by atoms with van der Waals surface area (Å²) in [5.74, 6) is -2.53. The molecular formula is C66H83F2N10O23P3S2. The van der Waals surface area contributed by atoms with Crippen molar-refractivity contribution < 1.29 is 107 Å². The molecule has 2 aromatic heterocycles. The lowest BCUT2D eigenvalue weighted by Crippen LogP contribution is -2.51. The van der Waals surface area contributed by atoms with E-state index < -0.39 is 154 Å². The summed E-state index contributed by atoms with van der Waals surface area (Å²) in [7, 11) is -12.3. The van der Waals surface area contributed by atoms with Crippen molar-refractivity contribution in [3.05, 3.63) is 149 Å². The maximum absolute atomic E-state index is 15.5. The molecule has 14 atom stereocenters. The van der Waals surface area contributed by atoms with Crippen LogP contribution in [-0.2, 0) is 79.7 Å². The highest BCUT2D eigenvalue weighted by atomic mass is 32.2. The zero-order valence-electron chi connectivity index (χ0n) is 57.9. The third kappa shape index (κ3) is 22.4. The first-order valence-corrected chi connectivity index (χ1v) is 40.6. The third-order valence-corrected chi connectivity index (χ3v) is 24.2. The van der Waals surface area contributed by atoms with Gasteiger partial charge >= 0.3 is 52.5 Å². The number of nitrogens with two attached hydrogens (primary N) is 2. The summed E-state index contributed by atoms with van der Waals surface area (Å²) in [5.41, 5.74) is 5.96. The van der Waals surface area contributed by atoms with E-state index in [9.17, 15) is 56.8 Å². The predicted octanol–water partition coefficient (Wildman–Crippen LogP) is 7.91. The van der Waals surface area contributed by atoms with Crippen molar-refractivity contribution in [2.45, 2.75) is 176 Å². The van der Waals surface area contributed by atoms with Gasteiger partial charge in [-0.05, 0) is 134 Å². The highest BCUT2D eigenvalue weighted by Gasteiger charge is 2.58. The minimum absolute atomic E-state index is 0.0986. The summed E-state index contributed by atoms with van der Waals surface area (Å²) in [4.78, 5) is 93.2. The van der Waals surface area contributed by atoms with Crippen molar-refractivity contribution in [3.63, 3.8) is 0 Å². The van der Waals surface area contributed by atoms with Gasteiger partial charge in [-0.15, -0.1) is 23.5 Å². The molecule has 3 saturated carbocycles. The molecule has 0 unspecified atom stereocenters. The Bertz CT molecular complexity index is 4180. The maximum Gasteiger partial charge on any atom is 0.459 e. The number of aromatic nitrogens is 4. The Morgan fingerprint density at radius 3 is 1.42 bits per heavy atom. The molecule has 576 valence electrons. The quantitative estimate of drug-likeness (QED) is 0.0110. The Balaban J connectivity index is 0.000000170. The number of esters is 3. The lowest BCUT2D eigenvalue weighted by Gasteiger charge is -2.32. The fourth-order valence-electron chi connectivity index (χ4n) is 10.5. The number of hydrogen-bond acceptors (Lipinski definition) is 29. The summed E-state index contributed by atoms with van der Waals surface area (Å²) >= 11 is 2.66. The van der Waals surface area contributed by atoms with E-state index in [0.29, 0.717) is 17.3 Å². The average Bonchev–Trinajstić information content (AvgIpc) is 1.61. The second-order valence-corrected chi connectivity index (χ2v) is 32.9. The van der Waals surface area contributed by atoms with Crippen molar-refractivity contribution in [3.8, 4) is 17.2 Å². The Morgan fingerprint density at radius 1 is 0.623 bits per heavy atom. The number of rotatable bonds is 30. The zero-order valence-corrected chi connectivity index (χ0v) is 62.2. The first kappa shape index (κ1) is 81.1. The van der Waals surface area contributed by atoms with Crippen LogP contribution < -0.4 is 51.7 Å². The van der Waals surface area contributed by atoms with Gasteiger partial charge in [-0.1, -0.05) is 54.6 Å². The molecule has 3 saturated heterocycles. The molecule has 0 bridgehead atoms. The molecule has 6 fully saturated rings. The van der Waals surface area contributed by atoms with Crippen LogP contribution in [0.4, 0.5) is 20.4 Å². The van der Waals surface area contributed by atoms with Gasteiger partial charge in [0, 0.05) is 23.9 Å². The lowest BCUT2D eigenvalue weighted by molar-refractivity contribution is -0.155. The van der Waals surface area contributed by atoms with Gasteiger partial charge in [-0.25, -0.2) is 32.1 Å². The standard InChI is InChI=1S/C24H30FN2O9P.C21H26FN4O7PS.C21H27N4O7PS/c1-15(22(31)34-17-9-6-10-17)26-37(32,36-18-7-4-3-5-8-18)33-14-19-21(30)24(2,25)23(35-19)27-12-11-16(28)13-20(27)29;1-13(20(27)31-14-8-5-9-14)25-34(29,33-15-6-3-2-4-7-15)30-11-18-32-17(12-35-18)26-10-16(22)19(23)24-21(26)28;1-14(20(26)30-15-8-5-9-15)24-33(28,32-16-6-3-2-4-7-16)29-12-19-31-18(13-34-19)25-11-10-17(22)23-21(25)27/h3-5,7-8,11-12,15,17,19,21,23,30H,6,9-10,13-14H2,1-2H3,(H,26,32);2-4,6-7,10,13-14,17-18H,5,8-9,11-12H2,1H3,(H,25,29)(H2,23,24,28);2-4,6-7,10-11,14-15,18-19H,5,8-9,12-13H2,1H3,(H,24,28)(H2,22,23,27)/t15-,19+,21+,23+,24+,37-;13-,17-,18+,34-;14-,18-,19+,33-/m000/s1. The normalized spacial score (nSPS) is 25.5. The number of para-hydroxylation sites is 3. The Morgan fingerprint density at radius 2 is 1.03 bits per heavy atom. The van der Waals surface area contributed by atoms with Gasteiger partial charge in [0.15, 0.2) is 29.3 Å². The average molecular weight is 1580 g/mol. The van der Waals surface area contributed by atoms with Gasteiger partial charge in [0.1, 0.15) is 95.0 Å². The number of nitrogens with one attached hydrogen (secondary N) is 3. The van der Waals surface area contributed by atoms with Crippen LogP contribution in [0.25, 0.3) is 0 Å². The molecule has 5 aromatic rings. The van der Waals surface area contributed by atoms with Gasteiger partial charge in [0.05, 0.1) is 32.4 Å². The number of nitrogen functional groups attached to an aromatic ring is 2. The van der Waals surface area contributed by atoms with Crippen molar-refractivity contribution in [1.82, 2.24) is 39.3 Å². The maximum atomic E-state index is 15.5. The smallest absolute Gasteiger partial charge is 0.459 e. The molecule has 8 N–H and O–H groups in total. The van der Waals surface area contributed by atoms with Crippen LogP contribution in [0.5, 0.6) is 17.2 Å². The highest BCUT2D eigenvalue weighted by molar-refractivity contribution is 8.00. The summed E-state index contributed by atoms with van der Waals surface area (Å²) in [5, 5.41) is 18.4. The van der Waals surface area contributed by atoms with Crippen LogP contribution in [-0.4, -0.2) is 161 Å². The summed E-state index contributed by atoms with van der Waals surface area (Å²) in [6, 6.07) is 23.5. The van der Waals surface area contributed by atoms with Crippen LogP contribution in [0.3, 0.4) is 0 Å². The zero-order chi connectivity index (χ0) is 75.9. The van der Waals surface area contributed by atoms with E-state index in [1.807, 2.05) is 0 Å². The second-order valence-electron chi connectivity index (χ2n) is 25.4. The Kier molecular flexibility index (Phi) is 28.0. The molecular weight excluding hydrogens is 1500 g/mol. The first-order chi connectivity index (χ1) is 50.5. The van der Waals surface area contributed by atoms with E-state index in [1.165, 1.54) is 66.3 Å². The largest absolute Gasteiger partial charge is 0.461 e. The van der Waals surface area contributed by atoms with Crippen LogP contribution in [0.15, 0.2) is 131 Å². The van der Waals surface area contributed by atoms with E-state index in [2.05, 4.69) is 25.2 Å². The second kappa shape index (κ2) is 36.6. The molecule has 6 heterocycles. The van der Waals surface area contributed by atoms with Crippen LogP contribution in [0.2, 0.25) is 0 Å². The number of aliphatic hydroxyl groups excluding tert-OH is 1. The number of thioether (sulfide) groups is 2. The van der Waals surface area contributed by atoms with Crippen molar-refractivity contribution in [1.29, 1.82) is 0 Å². The SMILES string of the molecule is C[C@H](N[P@](=O)(OC[C@@H]1O[C@H](n2cc(F)c(N)nc2=O)CS1)Oc1ccccc1)C(=O)OC1CCC1.C[C@H](N[P@](=O)(OC[C@@H]1O[C@H](n2ccc(N)nc2=O)CS1)Oc1ccccc1)C(=O)OC1CCC1.C[C@H](N[P@](=O)(OC[C@H]1O[C@@H](N2C=CC(=O)CC2=O)[C@](C)(F)[C@@H]1O)Oc1ccccc1)C(=O)OC1CCC1. The minimum atomic E-state index is -4.28. The molecule has 33 nitrogen and oxygen atoms in total. The molecule has 1 amide bonds. The number of carbonyl (C=O) groups is 5. The number of aliphatic hydroxyl groups is 1. The molecule has 40 heteroatoms. The van der Waals surface area contributed by atoms with Crippen LogP contribution in [0, 0.1) is 5.82 Å². The van der Waals surface area contributed by atoms with Crippen molar-refractivity contribution in [2.24, 2.45) is 0 Å². The monoisotopic (exact) mass is 1580 g/mol. The fourth-order valence-corrected chi connectivity index (χ4v) is 17.2. The molecule has 4 aliphatic heterocycles. The molecule has 0 spiro atoms. The molecule has 3 aromatic carbocycles. The van der Waals surface area contributed by atoms with Gasteiger partial charge in [0.25, 0.3) is 0 Å². The number of ether oxygens (including phenoxy) is 6. The minimum Gasteiger partial charge on any atom is -0.461 e. The number of hydrogen-bond donors (Lipinski definition) is 6. The molecule has 12 rings (SSSR count). The predicted molar refractivity (Wildman–Crippen MR) is 379 cm³/mol. The summed E-state index contributed by atoms with van der Waals surface area (Å²) < 4.78 is 139. The Hall–Kier alpha value is -7.44. The number of benzene rings is 3. The fraction of sp³-hybridized carbons (Fsp3) is 0.500. The number of ketones is 1. The summed E-state index contributed by atoms with van der Waals surface area (Å²) in [6.45, 7) is 4.62. The van der Waals surface area contributed by atoms with Crippen LogP contribution in [0.1, 0.15) is 104 Å². The highest BCUT2D eigenvalue weighted by Crippen LogP contribution is 2.50. The topological polar surface area (TPSA) is 429 Å². The number of nitrogens with zero attached hydrogens (tertiary/aromatic N) is 5. The first-order valence-electron chi connectivity index (χ1n) is 33.9. The lowest BCUT2D eigenvalue weighted by atomic mass is 9.96. The van der Waals surface area contributed by atoms with E-state index in [1.54, 1.807) is 85.8 Å². The molecule has 7 aliphatic rings. The van der Waals surface area contributed by atoms with Gasteiger partial charge in [-0.3, -0.25) is 51.6 Å². The van der Waals surface area contributed by atoms with E-state index in [4.69, 9.17) is 67.0 Å². The van der Waals surface area contributed by atoms with Crippen LogP contribution >= 0.6 is 46.8 Å². The van der Waals surface area contributed by atoms with Crippen molar-refractivity contribution >= 4 is 88.0 Å². The number of carbonyl (C=O) groups excluding carboxylic acids is 5. The third-order valence-electron chi connectivity index (χ3n) is 17.1. The summed E-state index contributed by atoms with van der Waals surface area (Å²) in [6.07, 6.45) is 5.52. The molecule has 0 radical (unpaired) electrons. The Labute approximate surface area is 615 Å². The van der Waals surface area contributed by atoms with E-state index in [0.717, 1.165) is 92.7 Å². The number of halogens is 2. The molecule has 106 heavy (non-hydrogen) atoms. The van der Waals surface area contributed by atoms with Gasteiger partial charge < -0.3 is 58.6 Å². The number of allylic oxidation sites excluding steroid dienone is 1. The van der Waals surface area contributed by atoms with Gasteiger partial charge in [-0.2, -0.15) is 25.2 Å². The molecule has 3 aliphatic carbocycles. The van der Waals surface area contributed by atoms with E-state index in [-0.39, 0.29) is 48.8 Å². The number of anilines is 2. The van der Waals surface area contributed by atoms with E-state index >= 15 is 4.39 Å². The number of alkyl halides is 1.